The lowest BCUT2D eigenvalue weighted by Gasteiger charge is -2.22. The lowest BCUT2D eigenvalue weighted by atomic mass is 10.2. The first-order chi connectivity index (χ1) is 12.3. The van der Waals surface area contributed by atoms with Crippen LogP contribution in [0, 0.1) is 0 Å². The van der Waals surface area contributed by atoms with Crippen LogP contribution >= 0.6 is 11.6 Å². The van der Waals surface area contributed by atoms with Gasteiger partial charge in [-0.05, 0) is 36.2 Å². The van der Waals surface area contributed by atoms with Gasteiger partial charge in [0.05, 0.1) is 19.8 Å². The number of para-hydroxylation sites is 2. The first-order valence-corrected chi connectivity index (χ1v) is 9.12. The molecule has 2 aromatic carbocycles. The molecule has 0 amide bonds. The van der Waals surface area contributed by atoms with Gasteiger partial charge in [0.2, 0.25) is 6.33 Å². The molecule has 0 spiro atoms. The van der Waals surface area contributed by atoms with Crippen LogP contribution in [-0.2, 0) is 22.6 Å². The summed E-state index contributed by atoms with van der Waals surface area (Å²) in [5.41, 5.74) is 3.69. The summed E-state index contributed by atoms with van der Waals surface area (Å²) in [6.45, 7) is 3.29. The molecule has 0 unspecified atom stereocenters. The van der Waals surface area contributed by atoms with Crippen LogP contribution in [-0.4, -0.2) is 24.1 Å². The summed E-state index contributed by atoms with van der Waals surface area (Å²) in [5.74, 6) is 0. The summed E-state index contributed by atoms with van der Waals surface area (Å²) in [6.07, 6.45) is 3.95. The SMILES string of the molecule is Clc1ccc(C[n+]2cn(CCC3OCCCO3)c3ccccc32)cc1.[Br-]. The maximum atomic E-state index is 5.99. The molecule has 0 saturated carbocycles. The number of halogens is 2. The Hall–Kier alpha value is -1.40. The van der Waals surface area contributed by atoms with Crippen LogP contribution in [0.25, 0.3) is 11.0 Å². The summed E-state index contributed by atoms with van der Waals surface area (Å²) in [7, 11) is 0. The zero-order chi connectivity index (χ0) is 17.1. The number of aromatic nitrogens is 2. The number of hydrogen-bond donors (Lipinski definition) is 0. The zero-order valence-corrected chi connectivity index (χ0v) is 16.8. The van der Waals surface area contributed by atoms with E-state index >= 15 is 0 Å². The van der Waals surface area contributed by atoms with Gasteiger partial charge >= 0.3 is 0 Å². The number of imidazole rings is 1. The minimum atomic E-state index is -0.0837. The molecule has 1 saturated heterocycles. The minimum absolute atomic E-state index is 0. The quantitative estimate of drug-likeness (QED) is 0.552. The molecular weight excluding hydrogens is 416 g/mol. The van der Waals surface area contributed by atoms with Gasteiger partial charge in [-0.2, -0.15) is 0 Å². The van der Waals surface area contributed by atoms with Crippen molar-refractivity contribution in [3.05, 3.63) is 65.4 Å². The molecule has 1 fully saturated rings. The van der Waals surface area contributed by atoms with E-state index in [-0.39, 0.29) is 23.3 Å². The van der Waals surface area contributed by atoms with Crippen LogP contribution in [0.1, 0.15) is 18.4 Å². The van der Waals surface area contributed by atoms with Gasteiger partial charge in [0.25, 0.3) is 0 Å². The normalized spacial score (nSPS) is 15.1. The average molecular weight is 438 g/mol. The van der Waals surface area contributed by atoms with Crippen LogP contribution in [0.2, 0.25) is 5.02 Å². The number of rotatable bonds is 5. The van der Waals surface area contributed by atoms with E-state index in [9.17, 15) is 0 Å². The van der Waals surface area contributed by atoms with Crippen molar-refractivity contribution in [1.82, 2.24) is 4.57 Å². The highest BCUT2D eigenvalue weighted by Crippen LogP contribution is 2.16. The Kier molecular flexibility index (Phi) is 6.70. The van der Waals surface area contributed by atoms with E-state index in [2.05, 4.69) is 51.9 Å². The van der Waals surface area contributed by atoms with E-state index in [1.807, 2.05) is 12.1 Å². The lowest BCUT2D eigenvalue weighted by Crippen LogP contribution is -3.00. The summed E-state index contributed by atoms with van der Waals surface area (Å²) < 4.78 is 15.9. The molecule has 0 N–H and O–H groups in total. The molecule has 138 valence electrons. The fraction of sp³-hybridized carbons (Fsp3) is 0.350. The Morgan fingerprint density at radius 1 is 1.04 bits per heavy atom. The number of ether oxygens (including phenoxy) is 2. The summed E-state index contributed by atoms with van der Waals surface area (Å²) in [6, 6.07) is 16.5. The third-order valence-electron chi connectivity index (χ3n) is 4.55. The minimum Gasteiger partial charge on any atom is -1.00 e. The molecule has 1 aliphatic rings. The third-order valence-corrected chi connectivity index (χ3v) is 4.80. The fourth-order valence-corrected chi connectivity index (χ4v) is 3.41. The van der Waals surface area contributed by atoms with Crippen LogP contribution < -0.4 is 21.5 Å². The molecule has 6 heteroatoms. The first-order valence-electron chi connectivity index (χ1n) is 8.74. The maximum Gasteiger partial charge on any atom is 0.245 e. The number of nitrogens with zero attached hydrogens (tertiary/aromatic N) is 2. The Bertz CT molecular complexity index is 845. The van der Waals surface area contributed by atoms with E-state index in [0.717, 1.165) is 44.2 Å². The van der Waals surface area contributed by atoms with E-state index in [1.54, 1.807) is 0 Å². The van der Waals surface area contributed by atoms with Crippen molar-refractivity contribution in [2.24, 2.45) is 0 Å². The van der Waals surface area contributed by atoms with Gasteiger partial charge < -0.3 is 26.5 Å². The largest absolute Gasteiger partial charge is 1.00 e. The molecule has 26 heavy (non-hydrogen) atoms. The second kappa shape index (κ2) is 9.00. The Morgan fingerprint density at radius 3 is 2.54 bits per heavy atom. The number of fused-ring (bicyclic) bond motifs is 1. The topological polar surface area (TPSA) is 27.3 Å². The molecule has 1 aromatic heterocycles. The number of aryl methyl sites for hydroxylation is 1. The highest BCUT2D eigenvalue weighted by Gasteiger charge is 2.19. The predicted molar refractivity (Wildman–Crippen MR) is 97.6 cm³/mol. The summed E-state index contributed by atoms with van der Waals surface area (Å²) in [4.78, 5) is 0. The van der Waals surface area contributed by atoms with Gasteiger partial charge in [-0.3, -0.25) is 0 Å². The van der Waals surface area contributed by atoms with Gasteiger partial charge in [0, 0.05) is 11.4 Å². The molecule has 1 aliphatic heterocycles. The first kappa shape index (κ1) is 19.4. The van der Waals surface area contributed by atoms with Crippen molar-refractivity contribution in [3.63, 3.8) is 0 Å². The van der Waals surface area contributed by atoms with Crippen LogP contribution in [0.5, 0.6) is 0 Å². The molecule has 0 bridgehead atoms. The molecule has 2 heterocycles. The molecule has 0 aliphatic carbocycles. The monoisotopic (exact) mass is 436 g/mol. The predicted octanol–water partition coefficient (Wildman–Crippen LogP) is 0.788. The van der Waals surface area contributed by atoms with Crippen molar-refractivity contribution < 1.29 is 31.0 Å². The van der Waals surface area contributed by atoms with Gasteiger partial charge in [0.1, 0.15) is 6.54 Å². The molecule has 0 radical (unpaired) electrons. The number of hydrogen-bond acceptors (Lipinski definition) is 2. The summed E-state index contributed by atoms with van der Waals surface area (Å²) in [5, 5.41) is 0.767. The van der Waals surface area contributed by atoms with Crippen molar-refractivity contribution >= 4 is 22.6 Å². The van der Waals surface area contributed by atoms with Crippen molar-refractivity contribution in [3.8, 4) is 0 Å². The van der Waals surface area contributed by atoms with Crippen molar-refractivity contribution in [1.29, 1.82) is 0 Å². The summed E-state index contributed by atoms with van der Waals surface area (Å²) >= 11 is 5.99. The zero-order valence-electron chi connectivity index (χ0n) is 14.5. The van der Waals surface area contributed by atoms with Gasteiger partial charge in [-0.15, -0.1) is 0 Å². The van der Waals surface area contributed by atoms with Gasteiger partial charge in [0.15, 0.2) is 17.3 Å². The average Bonchev–Trinajstić information content (AvgIpc) is 3.01. The van der Waals surface area contributed by atoms with E-state index in [0.29, 0.717) is 0 Å². The molecule has 4 rings (SSSR count). The Morgan fingerprint density at radius 2 is 1.77 bits per heavy atom. The Balaban J connectivity index is 0.00000196. The highest BCUT2D eigenvalue weighted by atomic mass is 79.9. The van der Waals surface area contributed by atoms with Crippen LogP contribution in [0.4, 0.5) is 0 Å². The van der Waals surface area contributed by atoms with Crippen molar-refractivity contribution in [2.75, 3.05) is 13.2 Å². The van der Waals surface area contributed by atoms with Crippen molar-refractivity contribution in [2.45, 2.75) is 32.2 Å². The van der Waals surface area contributed by atoms with Gasteiger partial charge in [-0.1, -0.05) is 35.9 Å². The fourth-order valence-electron chi connectivity index (χ4n) is 3.28. The van der Waals surface area contributed by atoms with E-state index in [1.165, 1.54) is 16.6 Å². The maximum absolute atomic E-state index is 5.99. The smallest absolute Gasteiger partial charge is 0.245 e. The van der Waals surface area contributed by atoms with Gasteiger partial charge in [-0.25, -0.2) is 9.13 Å². The third kappa shape index (κ3) is 4.46. The highest BCUT2D eigenvalue weighted by molar-refractivity contribution is 6.30. The molecular formula is C20H22BrClN2O2. The Labute approximate surface area is 169 Å². The van der Waals surface area contributed by atoms with Crippen LogP contribution in [0.15, 0.2) is 54.9 Å². The van der Waals surface area contributed by atoms with E-state index in [4.69, 9.17) is 21.1 Å². The lowest BCUT2D eigenvalue weighted by molar-refractivity contribution is -0.663. The molecule has 0 atom stereocenters. The second-order valence-corrected chi connectivity index (χ2v) is 6.80. The second-order valence-electron chi connectivity index (χ2n) is 6.37. The number of benzene rings is 2. The molecule has 4 nitrogen and oxygen atoms in total. The van der Waals surface area contributed by atoms with Crippen LogP contribution in [0.3, 0.4) is 0 Å². The standard InChI is InChI=1S/C20H22ClN2O2.BrH/c21-17-8-6-16(7-9-17)14-23-15-22(18-4-1-2-5-19(18)23)11-10-20-24-12-3-13-25-20;/h1-2,4-9,15,20H,3,10-14H2;1H/q+1;/p-1. The van der Waals surface area contributed by atoms with E-state index < -0.39 is 0 Å². The molecule has 3 aromatic rings.